The lowest BCUT2D eigenvalue weighted by Gasteiger charge is -2.14. The van der Waals surface area contributed by atoms with E-state index in [4.69, 9.17) is 15.2 Å². The molecule has 0 amide bonds. The second kappa shape index (κ2) is 13.3. The molecule has 8 aromatic rings. The molecule has 0 atom stereocenters. The van der Waals surface area contributed by atoms with Crippen LogP contribution in [0.3, 0.4) is 0 Å². The molecule has 0 saturated heterocycles. The van der Waals surface area contributed by atoms with Crippen molar-refractivity contribution in [1.82, 2.24) is 19.1 Å². The topological polar surface area (TPSA) is 48.8 Å². The second-order valence-electron chi connectivity index (χ2n) is 12.6. The molecular weight excluding hydrogens is 615 g/mol. The van der Waals surface area contributed by atoms with Gasteiger partial charge in [-0.15, -0.1) is 0 Å². The van der Waals surface area contributed by atoms with E-state index in [1.807, 2.05) is 98.6 Å². The van der Waals surface area contributed by atoms with E-state index in [0.29, 0.717) is 28.7 Å². The summed E-state index contributed by atoms with van der Waals surface area (Å²) in [4.78, 5) is 9.40. The van der Waals surface area contributed by atoms with Crippen LogP contribution in [0.25, 0.3) is 50.2 Å². The number of fused-ring (bicyclic) bond motifs is 4. The van der Waals surface area contributed by atoms with Crippen LogP contribution in [0.4, 0.5) is 0 Å². The predicted octanol–water partition coefficient (Wildman–Crippen LogP) is 10.5. The van der Waals surface area contributed by atoms with E-state index in [2.05, 4.69) is 43.4 Å². The summed E-state index contributed by atoms with van der Waals surface area (Å²) in [6, 6.07) is 37.4. The van der Waals surface area contributed by atoms with Gasteiger partial charge in [-0.2, -0.15) is 0 Å². The smallest absolute Gasteiger partial charge is 0.271 e. The van der Waals surface area contributed by atoms with Crippen molar-refractivity contribution < 1.29 is 14.8 Å². The Bertz CT molecular complexity index is 2670. The zero-order valence-electron chi connectivity index (χ0n) is 32.7. The first-order valence-electron chi connectivity index (χ1n) is 19.1. The van der Waals surface area contributed by atoms with Crippen LogP contribution in [0.15, 0.2) is 128 Å². The quantitative estimate of drug-likeness (QED) is 0.108. The van der Waals surface area contributed by atoms with Crippen molar-refractivity contribution in [3.63, 3.8) is 0 Å². The fourth-order valence-electron chi connectivity index (χ4n) is 6.83. The molecule has 0 N–H and O–H groups in total. The van der Waals surface area contributed by atoms with E-state index in [1.165, 1.54) is 0 Å². The van der Waals surface area contributed by atoms with Crippen LogP contribution >= 0.6 is 0 Å². The minimum Gasteiger partial charge on any atom is -0.458 e. The number of aromatic nitrogens is 5. The molecule has 0 aliphatic rings. The molecule has 0 saturated carbocycles. The molecule has 4 heterocycles. The molecule has 8 rings (SSSR count). The lowest BCUT2D eigenvalue weighted by molar-refractivity contribution is -0.572. The van der Waals surface area contributed by atoms with Gasteiger partial charge in [0.2, 0.25) is 0 Å². The minimum atomic E-state index is -1.90. The van der Waals surface area contributed by atoms with Crippen LogP contribution in [0, 0.1) is 12.2 Å². The molecule has 0 aliphatic heterocycles. The van der Waals surface area contributed by atoms with Gasteiger partial charge in [0, 0.05) is 40.8 Å². The first-order chi connectivity index (χ1) is 25.9. The lowest BCUT2D eigenvalue weighted by atomic mass is 9.94. The van der Waals surface area contributed by atoms with E-state index in [9.17, 15) is 0 Å². The molecule has 50 heavy (non-hydrogen) atoms. The maximum atomic E-state index is 9.04. The maximum Gasteiger partial charge on any atom is 0.271 e. The normalized spacial score (nSPS) is 13.7. The van der Waals surface area contributed by atoms with Gasteiger partial charge < -0.3 is 4.74 Å². The molecule has 0 fully saturated rings. The lowest BCUT2D eigenvalue weighted by Crippen LogP contribution is -2.29. The van der Waals surface area contributed by atoms with Gasteiger partial charge in [0.25, 0.3) is 6.33 Å². The summed E-state index contributed by atoms with van der Waals surface area (Å²) < 4.78 is 47.5. The number of para-hydroxylation sites is 3. The number of hydrogen-bond acceptors (Lipinski definition) is 3. The van der Waals surface area contributed by atoms with Gasteiger partial charge in [-0.25, -0.2) is 4.98 Å². The molecule has 4 aromatic heterocycles. The van der Waals surface area contributed by atoms with Gasteiger partial charge in [-0.05, 0) is 90.7 Å². The van der Waals surface area contributed by atoms with Crippen molar-refractivity contribution in [3.05, 3.63) is 145 Å². The standard InChI is InChI=1S/C44H41N5O/c1-5-32(6-2)33-12-11-13-34(26-33)47-29-48(41-17-10-9-16-40(41)47)43-28-36(21-23-45-43)50-35-18-19-38-37-14-7-8-15-39(37)49(42(38)27-35)44-25-31(20-22-46-44)24-30(3)4/h7-23,25-28,30,32H,5-6,24H2,1-4H3/i24D2,30D,32D. The van der Waals surface area contributed by atoms with E-state index in [1.54, 1.807) is 38.4 Å². The van der Waals surface area contributed by atoms with E-state index >= 15 is 0 Å². The Hall–Kier alpha value is -5.75. The molecular formula is C44H41N5O. The first kappa shape index (κ1) is 27.1. The largest absolute Gasteiger partial charge is 0.458 e. The summed E-state index contributed by atoms with van der Waals surface area (Å²) >= 11 is 0. The Kier molecular flexibility index (Phi) is 7.20. The van der Waals surface area contributed by atoms with Crippen LogP contribution in [0.2, 0.25) is 0 Å². The Morgan fingerprint density at radius 1 is 0.740 bits per heavy atom. The van der Waals surface area contributed by atoms with Crippen molar-refractivity contribution in [1.29, 1.82) is 0 Å². The minimum absolute atomic E-state index is 0.393. The highest BCUT2D eigenvalue weighted by Gasteiger charge is 2.17. The predicted molar refractivity (Wildman–Crippen MR) is 202 cm³/mol. The molecule has 0 unspecified atom stereocenters. The third-order valence-corrected chi connectivity index (χ3v) is 9.13. The van der Waals surface area contributed by atoms with Crippen LogP contribution in [-0.2, 0) is 6.37 Å². The summed E-state index contributed by atoms with van der Waals surface area (Å²) in [7, 11) is 0. The third kappa shape index (κ3) is 5.81. The molecule has 4 aromatic carbocycles. The number of pyridine rings is 2. The van der Waals surface area contributed by atoms with Gasteiger partial charge >= 0.3 is 0 Å². The number of imidazole rings is 1. The van der Waals surface area contributed by atoms with Gasteiger partial charge in [-0.1, -0.05) is 82.3 Å². The average Bonchev–Trinajstić information content (AvgIpc) is 3.73. The number of rotatable bonds is 10. The summed E-state index contributed by atoms with van der Waals surface area (Å²) in [6.45, 7) is 7.29. The SMILES string of the molecule is [2H]C(CC)(CC)c1cccc(-[n+]2[c-]n(-c3cc(Oc4ccc5c6ccccc6n(-c6cc(C([2H])([2H])C([2H])(C)C)ccn6)c5c4)ccn3)c3ccccc32)c1. The summed E-state index contributed by atoms with van der Waals surface area (Å²) in [5.41, 5.74) is 5.97. The van der Waals surface area contributed by atoms with Crippen molar-refractivity contribution in [2.75, 3.05) is 0 Å². The van der Waals surface area contributed by atoms with Crippen LogP contribution < -0.4 is 9.30 Å². The highest BCUT2D eigenvalue weighted by atomic mass is 16.5. The number of benzene rings is 4. The van der Waals surface area contributed by atoms with Gasteiger partial charge in [-0.3, -0.25) is 18.7 Å². The van der Waals surface area contributed by atoms with Crippen molar-refractivity contribution in [2.24, 2.45) is 5.89 Å². The zero-order valence-corrected chi connectivity index (χ0v) is 28.7. The number of ether oxygens (including phenoxy) is 1. The van der Waals surface area contributed by atoms with Crippen molar-refractivity contribution >= 4 is 32.8 Å². The highest BCUT2D eigenvalue weighted by Crippen LogP contribution is 2.35. The Morgan fingerprint density at radius 3 is 2.32 bits per heavy atom. The molecule has 0 spiro atoms. The van der Waals surface area contributed by atoms with Gasteiger partial charge in [0.15, 0.2) is 5.82 Å². The summed E-state index contributed by atoms with van der Waals surface area (Å²) in [5.74, 6) is 0.389. The van der Waals surface area contributed by atoms with E-state index in [0.717, 1.165) is 56.9 Å². The van der Waals surface area contributed by atoms with Crippen LogP contribution in [0.5, 0.6) is 11.5 Å². The fourth-order valence-corrected chi connectivity index (χ4v) is 6.83. The zero-order chi connectivity index (χ0) is 37.8. The van der Waals surface area contributed by atoms with Gasteiger partial charge in [0.1, 0.15) is 17.3 Å². The second-order valence-corrected chi connectivity index (χ2v) is 12.6. The molecule has 6 nitrogen and oxygen atoms in total. The van der Waals surface area contributed by atoms with Crippen LogP contribution in [0.1, 0.15) is 63.0 Å². The molecule has 248 valence electrons. The average molecular weight is 660 g/mol. The summed E-state index contributed by atoms with van der Waals surface area (Å²) in [6.07, 6.45) is 6.40. The van der Waals surface area contributed by atoms with Gasteiger partial charge in [0.05, 0.1) is 27.8 Å². The van der Waals surface area contributed by atoms with E-state index < -0.39 is 18.2 Å². The van der Waals surface area contributed by atoms with Crippen molar-refractivity contribution in [2.45, 2.75) is 52.8 Å². The maximum absolute atomic E-state index is 9.04. The highest BCUT2D eigenvalue weighted by molar-refractivity contribution is 6.09. The third-order valence-electron chi connectivity index (χ3n) is 9.13. The Labute approximate surface area is 298 Å². The number of hydrogen-bond donors (Lipinski definition) is 0. The molecule has 6 heteroatoms. The molecule has 0 radical (unpaired) electrons. The monoisotopic (exact) mass is 659 g/mol. The van der Waals surface area contributed by atoms with Crippen LogP contribution in [-0.4, -0.2) is 19.1 Å². The fraction of sp³-hybridized carbons (Fsp3) is 0.205. The molecule has 0 aliphatic carbocycles. The Morgan fingerprint density at radius 2 is 1.48 bits per heavy atom. The molecule has 0 bridgehead atoms. The van der Waals surface area contributed by atoms with E-state index in [-0.39, 0.29) is 0 Å². The number of nitrogens with zero attached hydrogens (tertiary/aromatic N) is 5. The summed E-state index contributed by atoms with van der Waals surface area (Å²) in [5, 5.41) is 2.04. The first-order valence-corrected chi connectivity index (χ1v) is 17.1. The Balaban J connectivity index is 1.19. The van der Waals surface area contributed by atoms with Crippen molar-refractivity contribution in [3.8, 4) is 28.8 Å².